The highest BCUT2D eigenvalue weighted by Gasteiger charge is 2.15. The van der Waals surface area contributed by atoms with Crippen molar-refractivity contribution >= 4 is 17.5 Å². The largest absolute Gasteiger partial charge is 0.507 e. The summed E-state index contributed by atoms with van der Waals surface area (Å²) in [6.45, 7) is 6.16. The molecule has 1 heterocycles. The lowest BCUT2D eigenvalue weighted by Crippen LogP contribution is -2.36. The molecular formula is C34H34N2O7. The van der Waals surface area contributed by atoms with E-state index in [-0.39, 0.29) is 18.9 Å². The van der Waals surface area contributed by atoms with Gasteiger partial charge in [0.05, 0.1) is 6.61 Å². The molecule has 43 heavy (non-hydrogen) atoms. The maximum absolute atomic E-state index is 12.8. The molecule has 222 valence electrons. The van der Waals surface area contributed by atoms with Crippen molar-refractivity contribution < 1.29 is 24.5 Å². The topological polar surface area (TPSA) is 139 Å². The number of ether oxygens (including phenoxy) is 1. The number of carboxylic acid groups (broad SMARTS) is 1. The lowest BCUT2D eigenvalue weighted by atomic mass is 10.0. The first kappa shape index (κ1) is 30.9. The highest BCUT2D eigenvalue weighted by atomic mass is 16.5. The van der Waals surface area contributed by atoms with Gasteiger partial charge in [0.25, 0.3) is 11.3 Å². The van der Waals surface area contributed by atoms with Crippen LogP contribution in [0, 0.1) is 13.8 Å². The van der Waals surface area contributed by atoms with E-state index in [1.54, 1.807) is 18.2 Å². The molecule has 4 aromatic rings. The summed E-state index contributed by atoms with van der Waals surface area (Å²) in [4.78, 5) is 50.0. The number of ketones is 1. The van der Waals surface area contributed by atoms with Crippen molar-refractivity contribution in [3.63, 3.8) is 0 Å². The van der Waals surface area contributed by atoms with Gasteiger partial charge in [-0.1, -0.05) is 78.7 Å². The fourth-order valence-corrected chi connectivity index (χ4v) is 5.08. The van der Waals surface area contributed by atoms with Gasteiger partial charge in [-0.15, -0.1) is 0 Å². The average molecular weight is 583 g/mol. The summed E-state index contributed by atoms with van der Waals surface area (Å²) in [5, 5.41) is 18.9. The number of hydrogen-bond acceptors (Lipinski definition) is 6. The van der Waals surface area contributed by atoms with Gasteiger partial charge in [0.1, 0.15) is 12.5 Å². The molecule has 0 aliphatic carbocycles. The van der Waals surface area contributed by atoms with E-state index in [1.807, 2.05) is 51.1 Å². The summed E-state index contributed by atoms with van der Waals surface area (Å²) in [5.41, 5.74) is 6.68. The van der Waals surface area contributed by atoms with E-state index >= 15 is 0 Å². The Morgan fingerprint density at radius 2 is 1.53 bits per heavy atom. The van der Waals surface area contributed by atoms with E-state index in [0.717, 1.165) is 33.4 Å². The first-order valence-corrected chi connectivity index (χ1v) is 13.9. The van der Waals surface area contributed by atoms with E-state index < -0.39 is 23.2 Å². The predicted octanol–water partition coefficient (Wildman–Crippen LogP) is 4.62. The van der Waals surface area contributed by atoms with Crippen LogP contribution in [0.4, 0.5) is 0 Å². The normalized spacial score (nSPS) is 11.5. The van der Waals surface area contributed by atoms with Gasteiger partial charge in [0.15, 0.2) is 0 Å². The predicted molar refractivity (Wildman–Crippen MR) is 163 cm³/mol. The Bertz CT molecular complexity index is 1780. The van der Waals surface area contributed by atoms with Gasteiger partial charge in [-0.2, -0.15) is 0 Å². The van der Waals surface area contributed by atoms with Crippen LogP contribution < -0.4 is 11.2 Å². The number of nitrogens with one attached hydrogen (secondary N) is 1. The van der Waals surface area contributed by atoms with Gasteiger partial charge in [0, 0.05) is 29.3 Å². The van der Waals surface area contributed by atoms with Gasteiger partial charge in [-0.05, 0) is 55.0 Å². The average Bonchev–Trinajstić information content (AvgIpc) is 2.95. The first-order chi connectivity index (χ1) is 20.5. The molecule has 1 aromatic heterocycles. The number of aryl methyl sites for hydroxylation is 2. The lowest BCUT2D eigenvalue weighted by Gasteiger charge is -2.17. The van der Waals surface area contributed by atoms with Crippen LogP contribution in [0.15, 0.2) is 82.4 Å². The maximum atomic E-state index is 12.8. The van der Waals surface area contributed by atoms with Crippen molar-refractivity contribution in [1.29, 1.82) is 0 Å². The zero-order chi connectivity index (χ0) is 31.1. The van der Waals surface area contributed by atoms with E-state index in [1.165, 1.54) is 4.57 Å². The van der Waals surface area contributed by atoms with Crippen molar-refractivity contribution in [2.45, 2.75) is 53.4 Å². The van der Waals surface area contributed by atoms with E-state index in [9.17, 15) is 24.3 Å². The molecule has 0 atom stereocenters. The molecule has 0 saturated heterocycles. The number of benzene rings is 3. The second-order valence-corrected chi connectivity index (χ2v) is 10.5. The van der Waals surface area contributed by atoms with Crippen LogP contribution >= 0.6 is 0 Å². The fraction of sp³-hybridized carbons (Fsp3) is 0.235. The van der Waals surface area contributed by atoms with E-state index in [2.05, 4.69) is 23.2 Å². The number of hydrogen-bond donors (Lipinski definition) is 3. The molecule has 9 heteroatoms. The Balaban J connectivity index is 1.44. The van der Waals surface area contributed by atoms with Crippen LogP contribution in [-0.2, 0) is 46.9 Å². The fourth-order valence-electron chi connectivity index (χ4n) is 5.08. The highest BCUT2D eigenvalue weighted by molar-refractivity contribution is 6.38. The number of aromatic nitrogens is 2. The molecule has 0 radical (unpaired) electrons. The van der Waals surface area contributed by atoms with Crippen molar-refractivity contribution in [2.75, 3.05) is 0 Å². The van der Waals surface area contributed by atoms with Gasteiger partial charge < -0.3 is 14.9 Å². The Labute approximate surface area is 248 Å². The molecular weight excluding hydrogens is 548 g/mol. The number of aliphatic carboxylic acids is 1. The molecule has 0 aliphatic rings. The number of nitrogens with zero attached hydrogens (tertiary/aromatic N) is 1. The third-order valence-corrected chi connectivity index (χ3v) is 7.04. The number of carboxylic acids is 1. The van der Waals surface area contributed by atoms with E-state index in [4.69, 9.17) is 9.84 Å². The number of carbonyl (C=O) groups excluding carboxylic acids is 1. The molecule has 0 saturated carbocycles. The lowest BCUT2D eigenvalue weighted by molar-refractivity contribution is -0.146. The van der Waals surface area contributed by atoms with Crippen LogP contribution in [0.3, 0.4) is 0 Å². The summed E-state index contributed by atoms with van der Waals surface area (Å²) in [5.74, 6) is -3.25. The number of aliphatic hydroxyl groups is 1. The van der Waals surface area contributed by atoms with Gasteiger partial charge in [0.2, 0.25) is 0 Å². The van der Waals surface area contributed by atoms with Crippen molar-refractivity contribution in [1.82, 2.24) is 9.55 Å². The molecule has 3 N–H and O–H groups in total. The van der Waals surface area contributed by atoms with Crippen LogP contribution in [0.5, 0.6) is 0 Å². The summed E-state index contributed by atoms with van der Waals surface area (Å²) in [7, 11) is 0. The monoisotopic (exact) mass is 582 g/mol. The first-order valence-electron chi connectivity index (χ1n) is 13.9. The zero-order valence-electron chi connectivity index (χ0n) is 24.3. The Morgan fingerprint density at radius 3 is 2.19 bits per heavy atom. The number of H-pyrrole nitrogens is 1. The second-order valence-electron chi connectivity index (χ2n) is 10.5. The van der Waals surface area contributed by atoms with Crippen LogP contribution in [-0.4, -0.2) is 31.5 Å². The molecule has 0 amide bonds. The molecule has 4 rings (SSSR count). The van der Waals surface area contributed by atoms with Crippen molar-refractivity contribution in [3.8, 4) is 0 Å². The molecule has 0 unspecified atom stereocenters. The molecule has 0 spiro atoms. The second kappa shape index (κ2) is 13.8. The third kappa shape index (κ3) is 8.05. The SMILES string of the molecule is CCc1c(Cc2cc(C)cc(C)c2)n(COCc2ccc(Cc3cccc(C(O)=CC(=O)C(=O)O)c3)cc2)c(=O)[nH]c1=O. The standard InChI is InChI=1S/C34H34N2O7/c1-4-28-29(17-26-13-21(2)12-22(3)14-26)36(34(42)35-32(28)39)20-43-19-24-10-8-23(9-11-24)15-25-6-5-7-27(16-25)30(37)18-31(38)33(40)41/h5-14,16,18,37H,4,15,17,19-20H2,1-3H3,(H,40,41)(H,35,39,42). The van der Waals surface area contributed by atoms with Gasteiger partial charge >= 0.3 is 11.7 Å². The Morgan fingerprint density at radius 1 is 0.860 bits per heavy atom. The summed E-state index contributed by atoms with van der Waals surface area (Å²) < 4.78 is 7.43. The third-order valence-electron chi connectivity index (χ3n) is 7.04. The Kier molecular flexibility index (Phi) is 9.90. The van der Waals surface area contributed by atoms with Crippen molar-refractivity contribution in [2.24, 2.45) is 0 Å². The summed E-state index contributed by atoms with van der Waals surface area (Å²) in [6.07, 6.45) is 2.15. The van der Waals surface area contributed by atoms with Crippen LogP contribution in [0.25, 0.3) is 5.76 Å². The maximum Gasteiger partial charge on any atom is 0.376 e. The molecule has 0 aliphatic heterocycles. The van der Waals surface area contributed by atoms with Crippen LogP contribution in [0.1, 0.15) is 57.1 Å². The molecule has 0 fully saturated rings. The number of aliphatic hydroxyl groups excluding tert-OH is 1. The quantitative estimate of drug-likeness (QED) is 0.126. The van der Waals surface area contributed by atoms with E-state index in [0.29, 0.717) is 42.2 Å². The van der Waals surface area contributed by atoms with Crippen molar-refractivity contribution in [3.05, 3.63) is 144 Å². The minimum Gasteiger partial charge on any atom is -0.507 e. The minimum absolute atomic E-state index is 0.0152. The summed E-state index contributed by atoms with van der Waals surface area (Å²) >= 11 is 0. The Hall–Kier alpha value is -5.02. The van der Waals surface area contributed by atoms with Crippen LogP contribution in [0.2, 0.25) is 0 Å². The number of aromatic amines is 1. The number of carbonyl (C=O) groups is 2. The number of rotatable bonds is 12. The van der Waals surface area contributed by atoms with Gasteiger partial charge in [-0.25, -0.2) is 9.59 Å². The highest BCUT2D eigenvalue weighted by Crippen LogP contribution is 2.18. The van der Waals surface area contributed by atoms with Gasteiger partial charge in [-0.3, -0.25) is 19.1 Å². The zero-order valence-corrected chi connectivity index (χ0v) is 24.3. The summed E-state index contributed by atoms with van der Waals surface area (Å²) in [6, 6.07) is 20.8. The molecule has 9 nitrogen and oxygen atoms in total. The minimum atomic E-state index is -1.64. The molecule has 0 bridgehead atoms. The molecule has 3 aromatic carbocycles. The smallest absolute Gasteiger partial charge is 0.376 e.